The van der Waals surface area contributed by atoms with Gasteiger partial charge < -0.3 is 11.1 Å². The summed E-state index contributed by atoms with van der Waals surface area (Å²) >= 11 is 0. The van der Waals surface area contributed by atoms with E-state index in [1.165, 1.54) is 25.7 Å². The third kappa shape index (κ3) is 3.94. The number of amides is 1. The summed E-state index contributed by atoms with van der Waals surface area (Å²) in [7, 11) is 0. The first kappa shape index (κ1) is 13.8. The second kappa shape index (κ2) is 6.55. The number of pyridine rings is 1. The lowest BCUT2D eigenvalue weighted by Crippen LogP contribution is -2.38. The summed E-state index contributed by atoms with van der Waals surface area (Å²) in [6.45, 7) is 2.24. The Balaban J connectivity index is 1.84. The van der Waals surface area contributed by atoms with E-state index in [4.69, 9.17) is 5.73 Å². The minimum absolute atomic E-state index is 0.105. The van der Waals surface area contributed by atoms with Gasteiger partial charge in [-0.2, -0.15) is 0 Å². The van der Waals surface area contributed by atoms with E-state index in [1.54, 1.807) is 18.2 Å². The van der Waals surface area contributed by atoms with Gasteiger partial charge in [-0.15, -0.1) is 0 Å². The van der Waals surface area contributed by atoms with Crippen molar-refractivity contribution in [3.05, 3.63) is 23.9 Å². The van der Waals surface area contributed by atoms with E-state index in [0.29, 0.717) is 17.6 Å². The highest BCUT2D eigenvalue weighted by molar-refractivity contribution is 5.92. The van der Waals surface area contributed by atoms with Gasteiger partial charge in [-0.3, -0.25) is 4.79 Å². The first-order valence-electron chi connectivity index (χ1n) is 7.22. The predicted octanol–water partition coefficient (Wildman–Crippen LogP) is 2.75. The second-order valence-corrected chi connectivity index (χ2v) is 5.43. The number of nitrogen functional groups attached to an aromatic ring is 1. The van der Waals surface area contributed by atoms with Crippen molar-refractivity contribution in [2.24, 2.45) is 5.92 Å². The van der Waals surface area contributed by atoms with E-state index in [-0.39, 0.29) is 5.91 Å². The van der Waals surface area contributed by atoms with Gasteiger partial charge in [-0.1, -0.05) is 25.8 Å². The summed E-state index contributed by atoms with van der Waals surface area (Å²) in [4.78, 5) is 16.1. The standard InChI is InChI=1S/C15H23N3O/c1-2-4-11-7-9-12(10-8-11)17-15(19)13-5-3-6-14(16)18-13/h3,5-6,11-12H,2,4,7-10H2,1H3,(H2,16,18)(H,17,19). The molecule has 0 unspecified atom stereocenters. The van der Waals surface area contributed by atoms with Gasteiger partial charge in [0.1, 0.15) is 11.5 Å². The van der Waals surface area contributed by atoms with E-state index in [0.717, 1.165) is 18.8 Å². The van der Waals surface area contributed by atoms with Gasteiger partial charge >= 0.3 is 0 Å². The lowest BCUT2D eigenvalue weighted by molar-refractivity contribution is 0.0916. The van der Waals surface area contributed by atoms with Crippen LogP contribution in [0.3, 0.4) is 0 Å². The molecule has 0 atom stereocenters. The minimum atomic E-state index is -0.105. The Morgan fingerprint density at radius 1 is 1.37 bits per heavy atom. The van der Waals surface area contributed by atoms with Crippen molar-refractivity contribution in [1.29, 1.82) is 0 Å². The average molecular weight is 261 g/mol. The molecule has 1 fully saturated rings. The highest BCUT2D eigenvalue weighted by atomic mass is 16.1. The quantitative estimate of drug-likeness (QED) is 0.875. The first-order chi connectivity index (χ1) is 9.19. The number of hydrogen-bond donors (Lipinski definition) is 2. The molecule has 1 amide bonds. The Hall–Kier alpha value is -1.58. The molecule has 1 heterocycles. The molecule has 1 saturated carbocycles. The molecule has 1 aromatic rings. The number of carbonyl (C=O) groups excluding carboxylic acids is 1. The summed E-state index contributed by atoms with van der Waals surface area (Å²) in [6, 6.07) is 5.44. The summed E-state index contributed by atoms with van der Waals surface area (Å²) in [5, 5.41) is 3.07. The van der Waals surface area contributed by atoms with Gasteiger partial charge in [-0.25, -0.2) is 4.98 Å². The Labute approximate surface area is 114 Å². The molecule has 0 aliphatic heterocycles. The van der Waals surface area contributed by atoms with Crippen molar-refractivity contribution in [2.45, 2.75) is 51.5 Å². The van der Waals surface area contributed by atoms with Crippen LogP contribution in [0.1, 0.15) is 55.9 Å². The van der Waals surface area contributed by atoms with Crippen molar-refractivity contribution < 1.29 is 4.79 Å². The Kier molecular flexibility index (Phi) is 4.77. The highest BCUT2D eigenvalue weighted by Gasteiger charge is 2.22. The van der Waals surface area contributed by atoms with Crippen molar-refractivity contribution >= 4 is 11.7 Å². The fourth-order valence-electron chi connectivity index (χ4n) is 2.84. The number of aromatic nitrogens is 1. The van der Waals surface area contributed by atoms with Crippen LogP contribution in [-0.4, -0.2) is 16.9 Å². The molecule has 1 aliphatic carbocycles. The number of rotatable bonds is 4. The van der Waals surface area contributed by atoms with Crippen LogP contribution in [0, 0.1) is 5.92 Å². The van der Waals surface area contributed by atoms with Gasteiger partial charge in [-0.05, 0) is 43.7 Å². The van der Waals surface area contributed by atoms with Crippen LogP contribution in [0.15, 0.2) is 18.2 Å². The summed E-state index contributed by atoms with van der Waals surface area (Å²) in [5.41, 5.74) is 6.00. The van der Waals surface area contributed by atoms with Crippen molar-refractivity contribution in [1.82, 2.24) is 10.3 Å². The van der Waals surface area contributed by atoms with Crippen LogP contribution < -0.4 is 11.1 Å². The van der Waals surface area contributed by atoms with Crippen LogP contribution in [0.5, 0.6) is 0 Å². The van der Waals surface area contributed by atoms with E-state index < -0.39 is 0 Å². The van der Waals surface area contributed by atoms with Crippen molar-refractivity contribution in [2.75, 3.05) is 5.73 Å². The van der Waals surface area contributed by atoms with Crippen LogP contribution in [-0.2, 0) is 0 Å². The number of anilines is 1. The molecule has 1 aliphatic rings. The van der Waals surface area contributed by atoms with E-state index in [2.05, 4.69) is 17.2 Å². The molecule has 2 rings (SSSR count). The zero-order chi connectivity index (χ0) is 13.7. The lowest BCUT2D eigenvalue weighted by atomic mass is 9.83. The van der Waals surface area contributed by atoms with Crippen LogP contribution in [0.2, 0.25) is 0 Å². The molecule has 0 spiro atoms. The Morgan fingerprint density at radius 2 is 2.11 bits per heavy atom. The molecule has 19 heavy (non-hydrogen) atoms. The predicted molar refractivity (Wildman–Crippen MR) is 76.8 cm³/mol. The largest absolute Gasteiger partial charge is 0.384 e. The van der Waals surface area contributed by atoms with Gasteiger partial charge in [0.15, 0.2) is 0 Å². The van der Waals surface area contributed by atoms with Crippen LogP contribution >= 0.6 is 0 Å². The summed E-state index contributed by atoms with van der Waals surface area (Å²) in [6.07, 6.45) is 7.19. The molecular weight excluding hydrogens is 238 g/mol. The number of hydrogen-bond acceptors (Lipinski definition) is 3. The molecule has 4 heteroatoms. The van der Waals surface area contributed by atoms with Crippen molar-refractivity contribution in [3.8, 4) is 0 Å². The Bertz CT molecular complexity index is 425. The van der Waals surface area contributed by atoms with Gasteiger partial charge in [0, 0.05) is 6.04 Å². The number of carbonyl (C=O) groups is 1. The topological polar surface area (TPSA) is 68.0 Å². The molecule has 3 N–H and O–H groups in total. The van der Waals surface area contributed by atoms with E-state index >= 15 is 0 Å². The van der Waals surface area contributed by atoms with Gasteiger partial charge in [0.2, 0.25) is 0 Å². The Morgan fingerprint density at radius 3 is 2.74 bits per heavy atom. The fraction of sp³-hybridized carbons (Fsp3) is 0.600. The van der Waals surface area contributed by atoms with Crippen molar-refractivity contribution in [3.63, 3.8) is 0 Å². The zero-order valence-electron chi connectivity index (χ0n) is 11.6. The summed E-state index contributed by atoms with van der Waals surface area (Å²) in [5.74, 6) is 1.13. The maximum absolute atomic E-state index is 12.0. The highest BCUT2D eigenvalue weighted by Crippen LogP contribution is 2.27. The SMILES string of the molecule is CCCC1CCC(NC(=O)c2cccc(N)n2)CC1. The number of nitrogens with two attached hydrogens (primary N) is 1. The monoisotopic (exact) mass is 261 g/mol. The van der Waals surface area contributed by atoms with Crippen LogP contribution in [0.4, 0.5) is 5.82 Å². The molecule has 0 saturated heterocycles. The van der Waals surface area contributed by atoms with Gasteiger partial charge in [0.25, 0.3) is 5.91 Å². The molecule has 0 bridgehead atoms. The van der Waals surface area contributed by atoms with E-state index in [1.807, 2.05) is 0 Å². The van der Waals surface area contributed by atoms with Gasteiger partial charge in [0.05, 0.1) is 0 Å². The van der Waals surface area contributed by atoms with Crippen LogP contribution in [0.25, 0.3) is 0 Å². The number of nitrogens with zero attached hydrogens (tertiary/aromatic N) is 1. The summed E-state index contributed by atoms with van der Waals surface area (Å²) < 4.78 is 0. The molecule has 4 nitrogen and oxygen atoms in total. The maximum atomic E-state index is 12.0. The first-order valence-corrected chi connectivity index (χ1v) is 7.22. The lowest BCUT2D eigenvalue weighted by Gasteiger charge is -2.28. The molecule has 0 radical (unpaired) electrons. The molecular formula is C15H23N3O. The maximum Gasteiger partial charge on any atom is 0.270 e. The smallest absolute Gasteiger partial charge is 0.270 e. The third-order valence-electron chi connectivity index (χ3n) is 3.88. The number of nitrogens with one attached hydrogen (secondary N) is 1. The average Bonchev–Trinajstić information content (AvgIpc) is 2.41. The minimum Gasteiger partial charge on any atom is -0.384 e. The fourth-order valence-corrected chi connectivity index (χ4v) is 2.84. The molecule has 104 valence electrons. The molecule has 0 aromatic carbocycles. The second-order valence-electron chi connectivity index (χ2n) is 5.43. The molecule has 1 aromatic heterocycles. The normalized spacial score (nSPS) is 23.0. The zero-order valence-corrected chi connectivity index (χ0v) is 11.6. The van der Waals surface area contributed by atoms with E-state index in [9.17, 15) is 4.79 Å². The third-order valence-corrected chi connectivity index (χ3v) is 3.88.